The number of phosphoric acid groups is 1. The number of aryl methyl sites for hydroxylation is 1. The van der Waals surface area contributed by atoms with Crippen LogP contribution in [-0.2, 0) is 15.5 Å². The number of halogens is 1. The first-order valence-corrected chi connectivity index (χ1v) is 11.4. The van der Waals surface area contributed by atoms with Gasteiger partial charge >= 0.3 is 7.82 Å². The van der Waals surface area contributed by atoms with Crippen molar-refractivity contribution < 1.29 is 18.9 Å². The zero-order chi connectivity index (χ0) is 19.0. The van der Waals surface area contributed by atoms with Gasteiger partial charge in [0, 0.05) is 5.54 Å². The summed E-state index contributed by atoms with van der Waals surface area (Å²) in [6, 6.07) is 8.80. The summed E-state index contributed by atoms with van der Waals surface area (Å²) in [6.45, 7) is 2.15. The molecule has 0 saturated heterocycles. The monoisotopic (exact) mass is 419 g/mol. The van der Waals surface area contributed by atoms with Crippen molar-refractivity contribution in [3.63, 3.8) is 0 Å². The number of hydrogen-bond acceptors (Lipinski definition) is 3. The van der Waals surface area contributed by atoms with Crippen LogP contribution in [-0.4, -0.2) is 21.9 Å². The molecule has 27 heavy (non-hydrogen) atoms. The maximum Gasteiger partial charge on any atom is 0.469 e. The first-order chi connectivity index (χ1) is 12.3. The highest BCUT2D eigenvalue weighted by Crippen LogP contribution is 2.43. The molecule has 4 N–H and O–H groups in total. The predicted molar refractivity (Wildman–Crippen MR) is 112 cm³/mol. The molecule has 1 aromatic rings. The van der Waals surface area contributed by atoms with Crippen LogP contribution in [0.3, 0.4) is 0 Å². The highest BCUT2D eigenvalue weighted by atomic mass is 35.5. The quantitative estimate of drug-likeness (QED) is 0.343. The van der Waals surface area contributed by atoms with E-state index in [-0.39, 0.29) is 19.0 Å². The minimum atomic E-state index is -4.46. The normalized spacial score (nSPS) is 22.6. The van der Waals surface area contributed by atoms with Crippen LogP contribution in [0.5, 0.6) is 0 Å². The number of nitrogens with two attached hydrogens (primary N) is 1. The Balaban J connectivity index is 0.00000364. The maximum atomic E-state index is 10.9. The van der Waals surface area contributed by atoms with Gasteiger partial charge in [0.2, 0.25) is 0 Å². The van der Waals surface area contributed by atoms with Crippen LogP contribution < -0.4 is 5.73 Å². The van der Waals surface area contributed by atoms with Crippen molar-refractivity contribution in [1.29, 1.82) is 0 Å². The molecule has 1 aliphatic carbocycles. The summed E-state index contributed by atoms with van der Waals surface area (Å²) in [7, 11) is -4.46. The lowest BCUT2D eigenvalue weighted by Gasteiger charge is -2.24. The Morgan fingerprint density at radius 1 is 1.15 bits per heavy atom. The smallest absolute Gasteiger partial charge is 0.323 e. The number of phosphoric ester groups is 1. The second-order valence-electron chi connectivity index (χ2n) is 7.83. The molecule has 1 saturated carbocycles. The van der Waals surface area contributed by atoms with Crippen molar-refractivity contribution >= 4 is 20.2 Å². The number of hydrogen-bond donors (Lipinski definition) is 3. The highest BCUT2D eigenvalue weighted by molar-refractivity contribution is 7.46. The second-order valence-corrected chi connectivity index (χ2v) is 9.06. The highest BCUT2D eigenvalue weighted by Gasteiger charge is 2.38. The Bertz CT molecular complexity index is 592. The van der Waals surface area contributed by atoms with Gasteiger partial charge in [0.05, 0.1) is 6.61 Å². The third-order valence-corrected chi connectivity index (χ3v) is 5.90. The molecule has 0 radical (unpaired) electrons. The molecule has 7 heteroatoms. The van der Waals surface area contributed by atoms with Gasteiger partial charge in [-0.2, -0.15) is 0 Å². The van der Waals surface area contributed by atoms with Crippen molar-refractivity contribution in [2.75, 3.05) is 6.61 Å². The minimum Gasteiger partial charge on any atom is -0.323 e. The largest absolute Gasteiger partial charge is 0.469 e. The van der Waals surface area contributed by atoms with Gasteiger partial charge in [-0.1, -0.05) is 63.3 Å². The van der Waals surface area contributed by atoms with E-state index in [0.29, 0.717) is 12.3 Å². The van der Waals surface area contributed by atoms with Gasteiger partial charge in [-0.15, -0.1) is 12.4 Å². The van der Waals surface area contributed by atoms with Crippen LogP contribution in [0.4, 0.5) is 0 Å². The summed E-state index contributed by atoms with van der Waals surface area (Å²) in [5, 5.41) is 0. The van der Waals surface area contributed by atoms with Gasteiger partial charge in [-0.3, -0.25) is 4.52 Å². The van der Waals surface area contributed by atoms with Crippen LogP contribution in [0.1, 0.15) is 81.8 Å². The predicted octanol–water partition coefficient (Wildman–Crippen LogP) is 5.09. The van der Waals surface area contributed by atoms with Gasteiger partial charge in [-0.05, 0) is 49.1 Å². The van der Waals surface area contributed by atoms with E-state index in [1.807, 2.05) is 0 Å². The topological polar surface area (TPSA) is 92.8 Å². The van der Waals surface area contributed by atoms with Gasteiger partial charge < -0.3 is 15.5 Å². The summed E-state index contributed by atoms with van der Waals surface area (Å²) < 4.78 is 15.5. The van der Waals surface area contributed by atoms with Crippen LogP contribution >= 0.6 is 20.2 Å². The Hall–Kier alpha value is -0.420. The van der Waals surface area contributed by atoms with E-state index in [1.54, 1.807) is 0 Å². The number of unbranched alkanes of at least 4 members (excludes halogenated alkanes) is 5. The van der Waals surface area contributed by atoms with E-state index < -0.39 is 13.4 Å². The molecule has 0 heterocycles. The lowest BCUT2D eigenvalue weighted by atomic mass is 9.92. The van der Waals surface area contributed by atoms with Crippen LogP contribution in [0, 0.1) is 0 Å². The standard InChI is InChI=1S/C20H34NO4P.ClH/c1-2-3-4-5-6-7-8-17-9-11-18(12-10-17)19-13-14-20(21,15-19)16-25-26(22,23)24;/h9-12,19H,2-8,13-16,21H2,1H3,(H2,22,23,24);1H/t19-,20+;/m0./s1. The molecular weight excluding hydrogens is 385 g/mol. The number of rotatable bonds is 11. The molecule has 2 rings (SSSR count). The molecule has 2 atom stereocenters. The van der Waals surface area contributed by atoms with Crippen LogP contribution in [0.15, 0.2) is 24.3 Å². The molecule has 1 aliphatic rings. The molecule has 5 nitrogen and oxygen atoms in total. The average Bonchev–Trinajstić information content (AvgIpc) is 2.99. The molecular formula is C20H35ClNO4P. The maximum absolute atomic E-state index is 10.9. The minimum absolute atomic E-state index is 0. The lowest BCUT2D eigenvalue weighted by Crippen LogP contribution is -2.41. The van der Waals surface area contributed by atoms with Gasteiger partial charge in [0.25, 0.3) is 0 Å². The molecule has 0 amide bonds. The second kappa shape index (κ2) is 11.5. The van der Waals surface area contributed by atoms with E-state index >= 15 is 0 Å². The summed E-state index contributed by atoms with van der Waals surface area (Å²) in [4.78, 5) is 17.7. The Labute approximate surface area is 169 Å². The summed E-state index contributed by atoms with van der Waals surface area (Å²) in [6.07, 6.45) is 11.4. The van der Waals surface area contributed by atoms with Gasteiger partial charge in [0.1, 0.15) is 0 Å². The zero-order valence-electron chi connectivity index (χ0n) is 16.3. The van der Waals surface area contributed by atoms with E-state index in [1.165, 1.54) is 49.7 Å². The lowest BCUT2D eigenvalue weighted by molar-refractivity contribution is 0.153. The third-order valence-electron chi connectivity index (χ3n) is 5.43. The Morgan fingerprint density at radius 3 is 2.41 bits per heavy atom. The molecule has 0 aromatic heterocycles. The fraction of sp³-hybridized carbons (Fsp3) is 0.700. The van der Waals surface area contributed by atoms with Gasteiger partial charge in [0.15, 0.2) is 0 Å². The first-order valence-electron chi connectivity index (χ1n) is 9.89. The Morgan fingerprint density at radius 2 is 1.78 bits per heavy atom. The van der Waals surface area contributed by atoms with Crippen LogP contribution in [0.2, 0.25) is 0 Å². The third kappa shape index (κ3) is 9.08. The summed E-state index contributed by atoms with van der Waals surface area (Å²) in [5.74, 6) is 0.337. The fourth-order valence-corrected chi connectivity index (χ4v) is 4.28. The zero-order valence-corrected chi connectivity index (χ0v) is 18.0. The van der Waals surface area contributed by atoms with Crippen molar-refractivity contribution in [3.8, 4) is 0 Å². The SMILES string of the molecule is CCCCCCCCc1ccc([C@H]2CC[C@](N)(COP(=O)(O)O)C2)cc1.Cl. The van der Waals surface area contributed by atoms with E-state index in [4.69, 9.17) is 15.5 Å². The molecule has 0 bridgehead atoms. The Kier molecular flexibility index (Phi) is 10.5. The summed E-state index contributed by atoms with van der Waals surface area (Å²) in [5.41, 5.74) is 8.27. The molecule has 0 aliphatic heterocycles. The molecule has 156 valence electrons. The molecule has 0 spiro atoms. The van der Waals surface area contributed by atoms with E-state index in [0.717, 1.165) is 19.3 Å². The average molecular weight is 420 g/mol. The van der Waals surface area contributed by atoms with Crippen molar-refractivity contribution in [3.05, 3.63) is 35.4 Å². The first kappa shape index (κ1) is 24.6. The van der Waals surface area contributed by atoms with Crippen molar-refractivity contribution in [1.82, 2.24) is 0 Å². The van der Waals surface area contributed by atoms with E-state index in [9.17, 15) is 4.57 Å². The van der Waals surface area contributed by atoms with Crippen molar-refractivity contribution in [2.45, 2.75) is 82.6 Å². The molecule has 1 aromatic carbocycles. The van der Waals surface area contributed by atoms with E-state index in [2.05, 4.69) is 35.7 Å². The van der Waals surface area contributed by atoms with Gasteiger partial charge in [-0.25, -0.2) is 4.57 Å². The molecule has 0 unspecified atom stereocenters. The number of benzene rings is 1. The van der Waals surface area contributed by atoms with Crippen molar-refractivity contribution in [2.24, 2.45) is 5.73 Å². The molecule has 1 fully saturated rings. The van der Waals surface area contributed by atoms with Crippen LogP contribution in [0.25, 0.3) is 0 Å². The summed E-state index contributed by atoms with van der Waals surface area (Å²) >= 11 is 0. The fourth-order valence-electron chi connectivity index (χ4n) is 3.85.